The Morgan fingerprint density at radius 1 is 1.33 bits per heavy atom. The van der Waals surface area contributed by atoms with E-state index in [4.69, 9.17) is 10.00 Å². The molecule has 0 radical (unpaired) electrons. The van der Waals surface area contributed by atoms with Crippen LogP contribution in [-0.4, -0.2) is 23.7 Å². The van der Waals surface area contributed by atoms with E-state index in [1.807, 2.05) is 6.07 Å². The molecule has 1 aromatic carbocycles. The number of ether oxygens (including phenoxy) is 1. The lowest BCUT2D eigenvalue weighted by Crippen LogP contribution is -2.24. The average Bonchev–Trinajstić information content (AvgIpc) is 2.54. The molecule has 1 amide bonds. The summed E-state index contributed by atoms with van der Waals surface area (Å²) < 4.78 is 5.27. The molecule has 2 aromatic rings. The number of aromatic nitrogens is 1. The summed E-state index contributed by atoms with van der Waals surface area (Å²) in [4.78, 5) is 15.4. The second kappa shape index (κ2) is 7.40. The molecule has 0 bridgehead atoms. The fraction of sp³-hybridized carbons (Fsp3) is 0.0667. The number of pyridine rings is 1. The van der Waals surface area contributed by atoms with Crippen molar-refractivity contribution in [3.8, 4) is 11.8 Å². The number of hydrogen-bond donors (Lipinski definition) is 1. The van der Waals surface area contributed by atoms with Gasteiger partial charge in [-0.25, -0.2) is 5.43 Å². The fourth-order valence-electron chi connectivity index (χ4n) is 1.49. The van der Waals surface area contributed by atoms with Crippen LogP contribution in [0.4, 0.5) is 0 Å². The van der Waals surface area contributed by atoms with Gasteiger partial charge in [0.2, 0.25) is 0 Å². The number of para-hydroxylation sites is 1. The van der Waals surface area contributed by atoms with Crippen molar-refractivity contribution in [1.29, 1.82) is 5.26 Å². The quantitative estimate of drug-likeness (QED) is 0.664. The molecule has 0 saturated carbocycles. The highest BCUT2D eigenvalue weighted by atomic mass is 16.5. The van der Waals surface area contributed by atoms with E-state index >= 15 is 0 Å². The van der Waals surface area contributed by atoms with Crippen molar-refractivity contribution in [2.45, 2.75) is 0 Å². The third-order valence-electron chi connectivity index (χ3n) is 2.48. The predicted molar refractivity (Wildman–Crippen MR) is 76.6 cm³/mol. The second-order valence-electron chi connectivity index (χ2n) is 3.97. The Labute approximate surface area is 121 Å². The Kier molecular flexibility index (Phi) is 5.01. The summed E-state index contributed by atoms with van der Waals surface area (Å²) in [6.45, 7) is -0.216. The maximum absolute atomic E-state index is 11.6. The lowest BCUT2D eigenvalue weighted by molar-refractivity contribution is -0.123. The molecule has 0 spiro atoms. The highest BCUT2D eigenvalue weighted by Gasteiger charge is 2.05. The minimum absolute atomic E-state index is 0.216. The first-order valence-electron chi connectivity index (χ1n) is 6.13. The molecule has 6 heteroatoms. The third kappa shape index (κ3) is 4.44. The number of nitriles is 1. The summed E-state index contributed by atoms with van der Waals surface area (Å²) >= 11 is 0. The van der Waals surface area contributed by atoms with Crippen molar-refractivity contribution in [3.05, 3.63) is 59.9 Å². The standard InChI is InChI=1S/C15H12N4O2/c16-9-13-3-1-2-4-14(13)21-11-15(20)19-18-10-12-5-7-17-8-6-12/h1-8,10H,11H2,(H,19,20)/b18-10-. The maximum atomic E-state index is 11.6. The van der Waals surface area contributed by atoms with Crippen LogP contribution < -0.4 is 10.2 Å². The van der Waals surface area contributed by atoms with Gasteiger partial charge >= 0.3 is 0 Å². The molecule has 1 N–H and O–H groups in total. The first-order valence-corrected chi connectivity index (χ1v) is 6.13. The summed E-state index contributed by atoms with van der Waals surface area (Å²) in [7, 11) is 0. The van der Waals surface area contributed by atoms with E-state index < -0.39 is 5.91 Å². The smallest absolute Gasteiger partial charge is 0.277 e. The van der Waals surface area contributed by atoms with Crippen molar-refractivity contribution >= 4 is 12.1 Å². The Morgan fingerprint density at radius 2 is 2.10 bits per heavy atom. The van der Waals surface area contributed by atoms with Gasteiger partial charge in [-0.05, 0) is 29.8 Å². The monoisotopic (exact) mass is 280 g/mol. The average molecular weight is 280 g/mol. The van der Waals surface area contributed by atoms with Crippen molar-refractivity contribution < 1.29 is 9.53 Å². The number of benzene rings is 1. The largest absolute Gasteiger partial charge is 0.482 e. The van der Waals surface area contributed by atoms with Gasteiger partial charge in [-0.15, -0.1) is 0 Å². The summed E-state index contributed by atoms with van der Waals surface area (Å²) in [5, 5.41) is 12.7. The molecule has 0 aliphatic rings. The van der Waals surface area contributed by atoms with Crippen LogP contribution in [0.3, 0.4) is 0 Å². The van der Waals surface area contributed by atoms with E-state index in [9.17, 15) is 4.79 Å². The minimum Gasteiger partial charge on any atom is -0.482 e. The molecule has 0 aliphatic heterocycles. The summed E-state index contributed by atoms with van der Waals surface area (Å²) in [5.41, 5.74) is 3.54. The Morgan fingerprint density at radius 3 is 2.86 bits per heavy atom. The van der Waals surface area contributed by atoms with Gasteiger partial charge in [0.15, 0.2) is 6.61 Å². The summed E-state index contributed by atoms with van der Waals surface area (Å²) in [6.07, 6.45) is 4.76. The third-order valence-corrected chi connectivity index (χ3v) is 2.48. The van der Waals surface area contributed by atoms with Crippen LogP contribution in [0, 0.1) is 11.3 Å². The molecule has 104 valence electrons. The topological polar surface area (TPSA) is 87.4 Å². The number of amides is 1. The predicted octanol–water partition coefficient (Wildman–Crippen LogP) is 1.48. The first-order chi connectivity index (χ1) is 10.3. The lowest BCUT2D eigenvalue weighted by atomic mass is 10.2. The Bertz CT molecular complexity index is 678. The molecular formula is C15H12N4O2. The summed E-state index contributed by atoms with van der Waals surface area (Å²) in [6, 6.07) is 12.2. The number of nitrogens with zero attached hydrogens (tertiary/aromatic N) is 3. The van der Waals surface area contributed by atoms with E-state index in [-0.39, 0.29) is 6.61 Å². The molecule has 0 aliphatic carbocycles. The van der Waals surface area contributed by atoms with Crippen molar-refractivity contribution in [2.24, 2.45) is 5.10 Å². The first kappa shape index (κ1) is 14.2. The number of rotatable bonds is 5. The molecule has 0 unspecified atom stereocenters. The van der Waals surface area contributed by atoms with Crippen LogP contribution >= 0.6 is 0 Å². The van der Waals surface area contributed by atoms with Crippen LogP contribution in [-0.2, 0) is 4.79 Å². The number of nitrogens with one attached hydrogen (secondary N) is 1. The number of carbonyl (C=O) groups is 1. The van der Waals surface area contributed by atoms with Gasteiger partial charge in [0.1, 0.15) is 11.8 Å². The minimum atomic E-state index is -0.409. The molecular weight excluding hydrogens is 268 g/mol. The molecule has 1 heterocycles. The maximum Gasteiger partial charge on any atom is 0.277 e. The fourth-order valence-corrected chi connectivity index (χ4v) is 1.49. The molecule has 21 heavy (non-hydrogen) atoms. The Hall–Kier alpha value is -3.20. The van der Waals surface area contributed by atoms with Gasteiger partial charge in [-0.1, -0.05) is 12.1 Å². The van der Waals surface area contributed by atoms with Crippen molar-refractivity contribution in [2.75, 3.05) is 6.61 Å². The van der Waals surface area contributed by atoms with Gasteiger partial charge in [0, 0.05) is 12.4 Å². The van der Waals surface area contributed by atoms with Gasteiger partial charge in [-0.3, -0.25) is 9.78 Å². The van der Waals surface area contributed by atoms with Gasteiger partial charge in [0.05, 0.1) is 11.8 Å². The highest BCUT2D eigenvalue weighted by Crippen LogP contribution is 2.15. The van der Waals surface area contributed by atoms with Crippen LogP contribution in [0.15, 0.2) is 53.9 Å². The van der Waals surface area contributed by atoms with Crippen LogP contribution in [0.2, 0.25) is 0 Å². The Balaban J connectivity index is 1.83. The highest BCUT2D eigenvalue weighted by molar-refractivity contribution is 5.82. The molecule has 6 nitrogen and oxygen atoms in total. The van der Waals surface area contributed by atoms with Crippen molar-refractivity contribution in [1.82, 2.24) is 10.4 Å². The number of hydrazone groups is 1. The van der Waals surface area contributed by atoms with Gasteiger partial charge in [0.25, 0.3) is 5.91 Å². The van der Waals surface area contributed by atoms with Crippen LogP contribution in [0.25, 0.3) is 0 Å². The molecule has 1 aromatic heterocycles. The van der Waals surface area contributed by atoms with Gasteiger partial charge < -0.3 is 4.74 Å². The molecule has 0 atom stereocenters. The molecule has 0 fully saturated rings. The van der Waals surface area contributed by atoms with E-state index in [2.05, 4.69) is 15.5 Å². The molecule has 2 rings (SSSR count). The zero-order valence-electron chi connectivity index (χ0n) is 11.1. The normalized spacial score (nSPS) is 10.0. The number of hydrogen-bond acceptors (Lipinski definition) is 5. The summed E-state index contributed by atoms with van der Waals surface area (Å²) in [5.74, 6) is -0.0405. The van der Waals surface area contributed by atoms with E-state index in [0.717, 1.165) is 5.56 Å². The van der Waals surface area contributed by atoms with E-state index in [1.165, 1.54) is 6.21 Å². The molecule has 0 saturated heterocycles. The number of carbonyl (C=O) groups excluding carboxylic acids is 1. The zero-order valence-corrected chi connectivity index (χ0v) is 11.1. The van der Waals surface area contributed by atoms with Gasteiger partial charge in [-0.2, -0.15) is 10.4 Å². The van der Waals surface area contributed by atoms with E-state index in [0.29, 0.717) is 11.3 Å². The van der Waals surface area contributed by atoms with Crippen LogP contribution in [0.1, 0.15) is 11.1 Å². The SMILES string of the molecule is N#Cc1ccccc1OCC(=O)N/N=C\c1ccncc1. The van der Waals surface area contributed by atoms with Crippen molar-refractivity contribution in [3.63, 3.8) is 0 Å². The zero-order chi connectivity index (χ0) is 14.9. The van der Waals surface area contributed by atoms with E-state index in [1.54, 1.807) is 48.8 Å². The van der Waals surface area contributed by atoms with Crippen LogP contribution in [0.5, 0.6) is 5.75 Å². The second-order valence-corrected chi connectivity index (χ2v) is 3.97. The lowest BCUT2D eigenvalue weighted by Gasteiger charge is -2.06.